The van der Waals surface area contributed by atoms with Gasteiger partial charge in [0.25, 0.3) is 0 Å². The molecule has 0 radical (unpaired) electrons. The zero-order valence-electron chi connectivity index (χ0n) is 11.6. The quantitative estimate of drug-likeness (QED) is 0.922. The van der Waals surface area contributed by atoms with Gasteiger partial charge in [-0.2, -0.15) is 0 Å². The van der Waals surface area contributed by atoms with E-state index in [1.54, 1.807) is 0 Å². The summed E-state index contributed by atoms with van der Waals surface area (Å²) in [6.45, 7) is 4.10. The van der Waals surface area contributed by atoms with Crippen molar-refractivity contribution in [1.82, 2.24) is 10.3 Å². The van der Waals surface area contributed by atoms with E-state index in [1.807, 2.05) is 20.0 Å². The van der Waals surface area contributed by atoms with Crippen molar-refractivity contribution in [2.45, 2.75) is 26.3 Å². The van der Waals surface area contributed by atoms with Gasteiger partial charge in [0.15, 0.2) is 0 Å². The summed E-state index contributed by atoms with van der Waals surface area (Å²) < 4.78 is 1.16. The fourth-order valence-corrected chi connectivity index (χ4v) is 2.76. The van der Waals surface area contributed by atoms with Gasteiger partial charge in [-0.25, -0.2) is 0 Å². The van der Waals surface area contributed by atoms with Gasteiger partial charge in [-0.15, -0.1) is 0 Å². The summed E-state index contributed by atoms with van der Waals surface area (Å²) in [5.41, 5.74) is 4.74. The Labute approximate surface area is 123 Å². The molecule has 1 aromatic heterocycles. The number of halogens is 1. The van der Waals surface area contributed by atoms with Crippen LogP contribution >= 0.6 is 15.9 Å². The van der Waals surface area contributed by atoms with Crippen LogP contribution in [0.2, 0.25) is 0 Å². The molecule has 0 amide bonds. The third kappa shape index (κ3) is 3.43. The Morgan fingerprint density at radius 2 is 1.89 bits per heavy atom. The number of nitrogens with zero attached hydrogens (tertiary/aromatic N) is 1. The Balaban J connectivity index is 2.28. The van der Waals surface area contributed by atoms with Gasteiger partial charge in [0, 0.05) is 21.9 Å². The lowest BCUT2D eigenvalue weighted by atomic mass is 9.98. The average Bonchev–Trinajstić information content (AvgIpc) is 2.39. The maximum atomic E-state index is 4.55. The number of pyridine rings is 1. The van der Waals surface area contributed by atoms with Crippen LogP contribution in [0.1, 0.15) is 28.6 Å². The first-order valence-corrected chi connectivity index (χ1v) is 7.26. The number of rotatable bonds is 4. The molecule has 1 N–H and O–H groups in total. The van der Waals surface area contributed by atoms with Crippen LogP contribution < -0.4 is 5.32 Å². The van der Waals surface area contributed by atoms with Crippen molar-refractivity contribution in [3.8, 4) is 0 Å². The highest BCUT2D eigenvalue weighted by molar-refractivity contribution is 9.10. The minimum atomic E-state index is 0.284. The highest BCUT2D eigenvalue weighted by Gasteiger charge is 2.14. The standard InChI is InChI=1S/C16H19BrN2/c1-11-8-9-14(12(2)19-11)16(18-3)10-13-6-4-5-7-15(13)17/h4-9,16,18H,10H2,1-3H3. The summed E-state index contributed by atoms with van der Waals surface area (Å²) in [5.74, 6) is 0. The van der Waals surface area contributed by atoms with Gasteiger partial charge >= 0.3 is 0 Å². The molecule has 1 aromatic carbocycles. The van der Waals surface area contributed by atoms with Crippen molar-refractivity contribution in [3.63, 3.8) is 0 Å². The number of nitrogens with one attached hydrogen (secondary N) is 1. The molecule has 100 valence electrons. The van der Waals surface area contributed by atoms with Gasteiger partial charge < -0.3 is 5.32 Å². The molecule has 0 saturated heterocycles. The summed E-state index contributed by atoms with van der Waals surface area (Å²) in [7, 11) is 2.00. The molecule has 0 saturated carbocycles. The first-order valence-electron chi connectivity index (χ1n) is 6.46. The molecule has 0 aliphatic carbocycles. The predicted molar refractivity (Wildman–Crippen MR) is 83.4 cm³/mol. The lowest BCUT2D eigenvalue weighted by Crippen LogP contribution is -2.20. The molecule has 2 rings (SSSR count). The van der Waals surface area contributed by atoms with E-state index in [2.05, 4.69) is 63.5 Å². The second-order valence-corrected chi connectivity index (χ2v) is 5.62. The zero-order valence-corrected chi connectivity index (χ0v) is 13.2. The number of benzene rings is 1. The van der Waals surface area contributed by atoms with E-state index < -0.39 is 0 Å². The van der Waals surface area contributed by atoms with Crippen molar-refractivity contribution >= 4 is 15.9 Å². The third-order valence-corrected chi connectivity index (χ3v) is 4.15. The minimum Gasteiger partial charge on any atom is -0.313 e. The van der Waals surface area contributed by atoms with Crippen LogP contribution in [-0.4, -0.2) is 12.0 Å². The molecule has 0 aliphatic heterocycles. The minimum absolute atomic E-state index is 0.284. The molecule has 1 heterocycles. The van der Waals surface area contributed by atoms with Gasteiger partial charge in [0.05, 0.1) is 0 Å². The first-order chi connectivity index (χ1) is 9.11. The smallest absolute Gasteiger partial charge is 0.0423 e. The average molecular weight is 319 g/mol. The van der Waals surface area contributed by atoms with Crippen LogP contribution in [0.3, 0.4) is 0 Å². The highest BCUT2D eigenvalue weighted by atomic mass is 79.9. The molecular weight excluding hydrogens is 300 g/mol. The molecule has 1 atom stereocenters. The molecule has 2 aromatic rings. The Morgan fingerprint density at radius 1 is 1.16 bits per heavy atom. The second-order valence-electron chi connectivity index (χ2n) is 4.76. The molecular formula is C16H19BrN2. The van der Waals surface area contributed by atoms with Crippen molar-refractivity contribution in [3.05, 3.63) is 63.4 Å². The molecule has 0 aliphatic rings. The molecule has 0 bridgehead atoms. The van der Waals surface area contributed by atoms with Gasteiger partial charge in [-0.05, 0) is 50.6 Å². The number of likely N-dealkylation sites (N-methyl/N-ethyl adjacent to an activating group) is 1. The number of hydrogen-bond donors (Lipinski definition) is 1. The molecule has 3 heteroatoms. The Kier molecular flexibility index (Phi) is 4.72. The van der Waals surface area contributed by atoms with Crippen LogP contribution in [0.25, 0.3) is 0 Å². The lowest BCUT2D eigenvalue weighted by Gasteiger charge is -2.19. The normalized spacial score (nSPS) is 12.4. The molecule has 0 spiro atoms. The zero-order chi connectivity index (χ0) is 13.8. The largest absolute Gasteiger partial charge is 0.313 e. The van der Waals surface area contributed by atoms with Gasteiger partial charge in [0.2, 0.25) is 0 Å². The number of hydrogen-bond acceptors (Lipinski definition) is 2. The summed E-state index contributed by atoms with van der Waals surface area (Å²) in [4.78, 5) is 4.55. The first kappa shape index (κ1) is 14.2. The van der Waals surface area contributed by atoms with Crippen molar-refractivity contribution in [2.75, 3.05) is 7.05 Å². The predicted octanol–water partition coefficient (Wildman–Crippen LogP) is 3.96. The van der Waals surface area contributed by atoms with Crippen LogP contribution in [-0.2, 0) is 6.42 Å². The van der Waals surface area contributed by atoms with E-state index >= 15 is 0 Å². The number of aromatic nitrogens is 1. The van der Waals surface area contributed by atoms with E-state index in [4.69, 9.17) is 0 Å². The summed E-state index contributed by atoms with van der Waals surface area (Å²) in [6, 6.07) is 12.9. The molecule has 2 nitrogen and oxygen atoms in total. The topological polar surface area (TPSA) is 24.9 Å². The van der Waals surface area contributed by atoms with Gasteiger partial charge in [-0.3, -0.25) is 4.98 Å². The SMILES string of the molecule is CNC(Cc1ccccc1Br)c1ccc(C)nc1C. The third-order valence-electron chi connectivity index (χ3n) is 3.37. The van der Waals surface area contributed by atoms with Crippen molar-refractivity contribution in [1.29, 1.82) is 0 Å². The number of aryl methyl sites for hydroxylation is 2. The van der Waals surface area contributed by atoms with E-state index in [0.29, 0.717) is 0 Å². The van der Waals surface area contributed by atoms with Gasteiger partial charge in [0.1, 0.15) is 0 Å². The summed E-state index contributed by atoms with van der Waals surface area (Å²) in [6.07, 6.45) is 0.948. The maximum Gasteiger partial charge on any atom is 0.0423 e. The molecule has 1 unspecified atom stereocenters. The van der Waals surface area contributed by atoms with E-state index in [1.165, 1.54) is 11.1 Å². The van der Waals surface area contributed by atoms with E-state index in [9.17, 15) is 0 Å². The van der Waals surface area contributed by atoms with Crippen LogP contribution in [0.4, 0.5) is 0 Å². The fourth-order valence-electron chi connectivity index (χ4n) is 2.32. The Bertz CT molecular complexity index is 566. The van der Waals surface area contributed by atoms with Crippen LogP contribution in [0.15, 0.2) is 40.9 Å². The van der Waals surface area contributed by atoms with Crippen LogP contribution in [0.5, 0.6) is 0 Å². The monoisotopic (exact) mass is 318 g/mol. The second kappa shape index (κ2) is 6.31. The van der Waals surface area contributed by atoms with E-state index in [0.717, 1.165) is 22.3 Å². The maximum absolute atomic E-state index is 4.55. The summed E-state index contributed by atoms with van der Waals surface area (Å²) in [5, 5.41) is 3.39. The van der Waals surface area contributed by atoms with Gasteiger partial charge in [-0.1, -0.05) is 40.2 Å². The Morgan fingerprint density at radius 3 is 2.53 bits per heavy atom. The summed E-state index contributed by atoms with van der Waals surface area (Å²) >= 11 is 3.61. The van der Waals surface area contributed by atoms with Crippen LogP contribution in [0, 0.1) is 13.8 Å². The van der Waals surface area contributed by atoms with Crippen molar-refractivity contribution in [2.24, 2.45) is 0 Å². The molecule has 0 fully saturated rings. The highest BCUT2D eigenvalue weighted by Crippen LogP contribution is 2.25. The molecule has 19 heavy (non-hydrogen) atoms. The van der Waals surface area contributed by atoms with E-state index in [-0.39, 0.29) is 6.04 Å². The fraction of sp³-hybridized carbons (Fsp3) is 0.312. The lowest BCUT2D eigenvalue weighted by molar-refractivity contribution is 0.584. The Hall–Kier alpha value is -1.19. The van der Waals surface area contributed by atoms with Crippen molar-refractivity contribution < 1.29 is 0 Å².